The molecule has 0 spiro atoms. The maximum Gasteiger partial charge on any atom is 0.336 e. The van der Waals surface area contributed by atoms with Crippen molar-refractivity contribution in [1.29, 1.82) is 0 Å². The van der Waals surface area contributed by atoms with Crippen molar-refractivity contribution < 1.29 is 9.63 Å². The van der Waals surface area contributed by atoms with Crippen LogP contribution in [-0.4, -0.2) is 11.0 Å². The number of carbonyl (C=O) groups is 1. The molecule has 1 rings (SSSR count). The molecule has 12 heavy (non-hydrogen) atoms. The summed E-state index contributed by atoms with van der Waals surface area (Å²) in [5, 5.41) is 2.71. The number of carbonyl (C=O) groups excluding carboxylic acids is 1. The predicted molar refractivity (Wildman–Crippen MR) is 44.4 cm³/mol. The second kappa shape index (κ2) is 4.03. The largest absolute Gasteiger partial charge is 0.350 e. The molecule has 3 N–H and O–H groups in total. The molecule has 2 amide bonds. The zero-order valence-electron chi connectivity index (χ0n) is 6.53. The highest BCUT2D eigenvalue weighted by molar-refractivity contribution is 7.09. The van der Waals surface area contributed by atoms with Crippen LogP contribution >= 0.6 is 11.3 Å². The molecule has 0 aromatic carbocycles. The van der Waals surface area contributed by atoms with Crippen molar-refractivity contribution >= 4 is 17.4 Å². The number of aryl methyl sites for hydroxylation is 1. The van der Waals surface area contributed by atoms with Crippen LogP contribution in [0.3, 0.4) is 0 Å². The Kier molecular flexibility index (Phi) is 3.01. The number of amides is 2. The zero-order chi connectivity index (χ0) is 8.97. The summed E-state index contributed by atoms with van der Waals surface area (Å²) in [6.07, 6.45) is 0. The molecule has 0 atom stereocenters. The molecule has 0 unspecified atom stereocenters. The fraction of sp³-hybridized carbons (Fsp3) is 0.333. The molecule has 66 valence electrons. The van der Waals surface area contributed by atoms with Crippen molar-refractivity contribution in [3.05, 3.63) is 16.1 Å². The first-order valence-corrected chi connectivity index (χ1v) is 4.14. The van der Waals surface area contributed by atoms with Gasteiger partial charge in [-0.3, -0.25) is 4.84 Å². The molecule has 1 heterocycles. The Bertz CT molecular complexity index is 274. The van der Waals surface area contributed by atoms with E-state index in [1.54, 1.807) is 0 Å². The second-order valence-electron chi connectivity index (χ2n) is 2.14. The van der Waals surface area contributed by atoms with Gasteiger partial charge >= 0.3 is 6.03 Å². The summed E-state index contributed by atoms with van der Waals surface area (Å²) in [5.41, 5.74) is 7.72. The maximum atomic E-state index is 10.2. The van der Waals surface area contributed by atoms with Crippen LogP contribution in [0.25, 0.3) is 0 Å². The van der Waals surface area contributed by atoms with Crippen LogP contribution in [0.15, 0.2) is 5.38 Å². The Morgan fingerprint density at radius 1 is 1.92 bits per heavy atom. The van der Waals surface area contributed by atoms with Crippen molar-refractivity contribution in [3.8, 4) is 0 Å². The maximum absolute atomic E-state index is 10.2. The summed E-state index contributed by atoms with van der Waals surface area (Å²) in [7, 11) is 0. The smallest absolute Gasteiger partial charge is 0.336 e. The molecule has 5 nitrogen and oxygen atoms in total. The third kappa shape index (κ3) is 2.85. The third-order valence-corrected chi connectivity index (χ3v) is 1.98. The van der Waals surface area contributed by atoms with Gasteiger partial charge in [-0.05, 0) is 6.92 Å². The summed E-state index contributed by atoms with van der Waals surface area (Å²) >= 11 is 1.47. The van der Waals surface area contributed by atoms with Crippen molar-refractivity contribution in [2.75, 3.05) is 0 Å². The van der Waals surface area contributed by atoms with Crippen LogP contribution in [0, 0.1) is 6.92 Å². The molecule has 1 aromatic rings. The van der Waals surface area contributed by atoms with Crippen molar-refractivity contribution in [2.24, 2.45) is 5.73 Å². The number of primary amides is 1. The van der Waals surface area contributed by atoms with Crippen molar-refractivity contribution in [2.45, 2.75) is 13.5 Å². The summed E-state index contributed by atoms with van der Waals surface area (Å²) in [5.74, 6) is 0. The van der Waals surface area contributed by atoms with E-state index < -0.39 is 6.03 Å². The quantitative estimate of drug-likeness (QED) is 0.678. The Morgan fingerprint density at radius 3 is 3.17 bits per heavy atom. The second-order valence-corrected chi connectivity index (χ2v) is 3.08. The molecule has 0 aliphatic heterocycles. The van der Waals surface area contributed by atoms with E-state index in [1.807, 2.05) is 17.8 Å². The fourth-order valence-electron chi connectivity index (χ4n) is 0.638. The first kappa shape index (κ1) is 8.95. The number of hydroxylamine groups is 1. The Morgan fingerprint density at radius 2 is 2.67 bits per heavy atom. The van der Waals surface area contributed by atoms with Gasteiger partial charge in [-0.25, -0.2) is 15.3 Å². The van der Waals surface area contributed by atoms with Crippen LogP contribution in [0.5, 0.6) is 0 Å². The van der Waals surface area contributed by atoms with Gasteiger partial charge in [0, 0.05) is 11.1 Å². The lowest BCUT2D eigenvalue weighted by atomic mass is 10.6. The first-order chi connectivity index (χ1) is 5.68. The highest BCUT2D eigenvalue weighted by Crippen LogP contribution is 2.08. The first-order valence-electron chi connectivity index (χ1n) is 3.26. The monoisotopic (exact) mass is 187 g/mol. The van der Waals surface area contributed by atoms with E-state index in [9.17, 15) is 4.79 Å². The van der Waals surface area contributed by atoms with Crippen molar-refractivity contribution in [1.82, 2.24) is 10.5 Å². The molecular formula is C6H9N3O2S. The normalized spacial score (nSPS) is 9.75. The van der Waals surface area contributed by atoms with Crippen molar-refractivity contribution in [3.63, 3.8) is 0 Å². The minimum atomic E-state index is -0.705. The number of hydrogen-bond acceptors (Lipinski definition) is 4. The Balaban J connectivity index is 2.29. The van der Waals surface area contributed by atoms with E-state index in [1.165, 1.54) is 11.3 Å². The highest BCUT2D eigenvalue weighted by Gasteiger charge is 1.98. The average Bonchev–Trinajstić information content (AvgIpc) is 2.35. The molecule has 0 radical (unpaired) electrons. The number of thiazole rings is 1. The third-order valence-electron chi connectivity index (χ3n) is 1.03. The highest BCUT2D eigenvalue weighted by atomic mass is 32.1. The Hall–Kier alpha value is -1.14. The predicted octanol–water partition coefficient (Wildman–Crippen LogP) is 0.551. The number of nitrogens with zero attached hydrogens (tertiary/aromatic N) is 1. The number of rotatable bonds is 3. The number of hydrogen-bond donors (Lipinski definition) is 2. The lowest BCUT2D eigenvalue weighted by Gasteiger charge is -1.98. The number of aromatic nitrogens is 1. The fourth-order valence-corrected chi connectivity index (χ4v) is 1.32. The van der Waals surface area contributed by atoms with Gasteiger partial charge in [-0.2, -0.15) is 0 Å². The van der Waals surface area contributed by atoms with E-state index in [-0.39, 0.29) is 6.61 Å². The van der Waals surface area contributed by atoms with Gasteiger partial charge in [0.2, 0.25) is 0 Å². The minimum absolute atomic E-state index is 0.251. The van der Waals surface area contributed by atoms with Crippen LogP contribution in [0.1, 0.15) is 10.7 Å². The Labute approximate surface area is 73.5 Å². The average molecular weight is 187 g/mol. The van der Waals surface area contributed by atoms with Crippen LogP contribution in [0.4, 0.5) is 4.79 Å². The molecule has 6 heteroatoms. The minimum Gasteiger partial charge on any atom is -0.350 e. The number of nitrogens with one attached hydrogen (secondary N) is 1. The standard InChI is InChI=1S/C6H9N3O2S/c1-4-3-12-5(8-4)2-11-9-6(7)10/h3H,2H2,1H3,(H3,7,9,10). The van der Waals surface area contributed by atoms with E-state index >= 15 is 0 Å². The SMILES string of the molecule is Cc1csc(CONC(N)=O)n1. The van der Waals surface area contributed by atoms with Gasteiger partial charge in [-0.15, -0.1) is 11.3 Å². The molecule has 0 saturated carbocycles. The summed E-state index contributed by atoms with van der Waals surface area (Å²) in [6.45, 7) is 2.14. The molecular weight excluding hydrogens is 178 g/mol. The number of urea groups is 1. The summed E-state index contributed by atoms with van der Waals surface area (Å²) in [6, 6.07) is -0.705. The lowest BCUT2D eigenvalue weighted by Crippen LogP contribution is -2.29. The van der Waals surface area contributed by atoms with Gasteiger partial charge in [0.1, 0.15) is 11.6 Å². The topological polar surface area (TPSA) is 77.2 Å². The molecule has 0 aliphatic rings. The molecule has 0 saturated heterocycles. The molecule has 0 bridgehead atoms. The van der Waals surface area contributed by atoms with E-state index in [0.29, 0.717) is 0 Å². The van der Waals surface area contributed by atoms with Gasteiger partial charge < -0.3 is 5.73 Å². The summed E-state index contributed by atoms with van der Waals surface area (Å²) < 4.78 is 0. The van der Waals surface area contributed by atoms with Gasteiger partial charge in [0.15, 0.2) is 0 Å². The molecule has 0 fully saturated rings. The molecule has 0 aliphatic carbocycles. The lowest BCUT2D eigenvalue weighted by molar-refractivity contribution is 0.0519. The van der Waals surface area contributed by atoms with Gasteiger partial charge in [0.25, 0.3) is 0 Å². The van der Waals surface area contributed by atoms with Gasteiger partial charge in [0.05, 0.1) is 0 Å². The number of nitrogens with two attached hydrogens (primary N) is 1. The zero-order valence-corrected chi connectivity index (χ0v) is 7.35. The van der Waals surface area contributed by atoms with E-state index in [0.717, 1.165) is 10.7 Å². The van der Waals surface area contributed by atoms with E-state index in [4.69, 9.17) is 10.6 Å². The molecule has 1 aromatic heterocycles. The van der Waals surface area contributed by atoms with Crippen LogP contribution in [-0.2, 0) is 11.4 Å². The van der Waals surface area contributed by atoms with Gasteiger partial charge in [-0.1, -0.05) is 0 Å². The van der Waals surface area contributed by atoms with Crippen LogP contribution in [0.2, 0.25) is 0 Å². The van der Waals surface area contributed by atoms with E-state index in [2.05, 4.69) is 4.98 Å². The van der Waals surface area contributed by atoms with Crippen LogP contribution < -0.4 is 11.2 Å². The summed E-state index contributed by atoms with van der Waals surface area (Å²) in [4.78, 5) is 19.0.